The molecule has 3 rings (SSSR count). The molecule has 25 heavy (non-hydrogen) atoms. The van der Waals surface area contributed by atoms with Crippen LogP contribution in [0.3, 0.4) is 0 Å². The van der Waals surface area contributed by atoms with Gasteiger partial charge in [-0.1, -0.05) is 0 Å². The number of aromatic nitrogens is 4. The smallest absolute Gasteiger partial charge is 0.267 e. The van der Waals surface area contributed by atoms with Gasteiger partial charge in [0, 0.05) is 18.0 Å². The molecule has 0 radical (unpaired) electrons. The Kier molecular flexibility index (Phi) is 4.46. The van der Waals surface area contributed by atoms with Crippen molar-refractivity contribution in [3.8, 4) is 5.69 Å². The highest BCUT2D eigenvalue weighted by Gasteiger charge is 2.16. The van der Waals surface area contributed by atoms with Gasteiger partial charge in [-0.3, -0.25) is 25.4 Å². The molecule has 1 aromatic carbocycles. The number of carbonyl (C=O) groups is 2. The lowest BCUT2D eigenvalue weighted by atomic mass is 10.3. The van der Waals surface area contributed by atoms with Crippen molar-refractivity contribution < 1.29 is 14.0 Å². The number of hydrazine groups is 1. The van der Waals surface area contributed by atoms with Crippen LogP contribution in [-0.4, -0.2) is 31.6 Å². The van der Waals surface area contributed by atoms with Crippen LogP contribution >= 0.6 is 0 Å². The molecule has 0 aliphatic heterocycles. The third-order valence-electron chi connectivity index (χ3n) is 3.28. The number of halogens is 1. The van der Waals surface area contributed by atoms with E-state index in [1.54, 1.807) is 6.92 Å². The number of nitrogens with one attached hydrogen (secondary N) is 2. The van der Waals surface area contributed by atoms with Crippen LogP contribution in [-0.2, 0) is 0 Å². The second-order valence-corrected chi connectivity index (χ2v) is 5.01. The van der Waals surface area contributed by atoms with Crippen LogP contribution in [0.2, 0.25) is 0 Å². The molecule has 0 spiro atoms. The van der Waals surface area contributed by atoms with Crippen molar-refractivity contribution >= 4 is 11.8 Å². The molecule has 3 aromatic rings. The molecule has 2 heterocycles. The molecule has 0 atom stereocenters. The van der Waals surface area contributed by atoms with E-state index in [1.807, 2.05) is 0 Å². The fourth-order valence-corrected chi connectivity index (χ4v) is 2.06. The highest BCUT2D eigenvalue weighted by Crippen LogP contribution is 2.10. The van der Waals surface area contributed by atoms with Crippen LogP contribution in [0.15, 0.2) is 48.8 Å². The van der Waals surface area contributed by atoms with Gasteiger partial charge in [-0.25, -0.2) is 14.1 Å². The number of aryl methyl sites for hydroxylation is 1. The number of amides is 2. The number of nitrogens with zero attached hydrogens (tertiary/aromatic N) is 4. The van der Waals surface area contributed by atoms with Crippen molar-refractivity contribution in [2.75, 3.05) is 0 Å². The van der Waals surface area contributed by atoms with Crippen molar-refractivity contribution in [2.45, 2.75) is 6.92 Å². The molecule has 2 aromatic heterocycles. The molecular formula is C16H13FN6O2. The first-order chi connectivity index (χ1) is 12.0. The van der Waals surface area contributed by atoms with Gasteiger partial charge in [-0.15, -0.1) is 5.10 Å². The Morgan fingerprint density at radius 3 is 2.32 bits per heavy atom. The summed E-state index contributed by atoms with van der Waals surface area (Å²) in [5.74, 6) is -1.23. The minimum atomic E-state index is -0.675. The zero-order valence-electron chi connectivity index (χ0n) is 13.1. The van der Waals surface area contributed by atoms with Gasteiger partial charge in [-0.2, -0.15) is 0 Å². The predicted octanol–water partition coefficient (Wildman–Crippen LogP) is 1.18. The van der Waals surface area contributed by atoms with E-state index in [0.29, 0.717) is 17.1 Å². The highest BCUT2D eigenvalue weighted by atomic mass is 19.1. The molecule has 8 nitrogen and oxygen atoms in total. The largest absolute Gasteiger partial charge is 0.309 e. The maximum absolute atomic E-state index is 13.0. The Labute approximate surface area is 141 Å². The second kappa shape index (κ2) is 6.87. The van der Waals surface area contributed by atoms with E-state index in [0.717, 1.165) is 0 Å². The summed E-state index contributed by atoms with van der Waals surface area (Å²) in [4.78, 5) is 31.8. The maximum Gasteiger partial charge on any atom is 0.309 e. The third-order valence-corrected chi connectivity index (χ3v) is 3.28. The van der Waals surface area contributed by atoms with Gasteiger partial charge in [0.15, 0.2) is 0 Å². The van der Waals surface area contributed by atoms with Crippen molar-refractivity contribution in [1.82, 2.24) is 30.6 Å². The quantitative estimate of drug-likeness (QED) is 0.697. The van der Waals surface area contributed by atoms with E-state index >= 15 is 0 Å². The number of hydrogen-bond acceptors (Lipinski definition) is 5. The van der Waals surface area contributed by atoms with Crippen LogP contribution in [0.5, 0.6) is 0 Å². The van der Waals surface area contributed by atoms with E-state index in [4.69, 9.17) is 0 Å². The topological polar surface area (TPSA) is 102 Å². The predicted molar refractivity (Wildman–Crippen MR) is 85.2 cm³/mol. The fraction of sp³-hybridized carbons (Fsp3) is 0.0625. The summed E-state index contributed by atoms with van der Waals surface area (Å²) in [7, 11) is 0. The van der Waals surface area contributed by atoms with Crippen LogP contribution in [0.4, 0.5) is 4.39 Å². The first-order valence-electron chi connectivity index (χ1n) is 7.25. The molecule has 0 bridgehead atoms. The van der Waals surface area contributed by atoms with E-state index in [2.05, 4.69) is 25.9 Å². The SMILES string of the molecule is Cc1nc(C(=O)NNC(=O)c2ccncc2)nn1-c1ccc(F)cc1. The number of carbonyl (C=O) groups excluding carboxylic acids is 2. The summed E-state index contributed by atoms with van der Waals surface area (Å²) in [6.07, 6.45) is 2.93. The fourth-order valence-electron chi connectivity index (χ4n) is 2.06. The monoisotopic (exact) mass is 340 g/mol. The lowest BCUT2D eigenvalue weighted by molar-refractivity contribution is 0.0841. The van der Waals surface area contributed by atoms with Gasteiger partial charge < -0.3 is 0 Å². The molecule has 0 saturated heterocycles. The Morgan fingerprint density at radius 1 is 1.00 bits per heavy atom. The van der Waals surface area contributed by atoms with Crippen LogP contribution < -0.4 is 10.9 Å². The number of pyridine rings is 1. The summed E-state index contributed by atoms with van der Waals surface area (Å²) in [5.41, 5.74) is 5.41. The molecule has 0 unspecified atom stereocenters. The minimum absolute atomic E-state index is 0.128. The van der Waals surface area contributed by atoms with E-state index in [9.17, 15) is 14.0 Å². The summed E-state index contributed by atoms with van der Waals surface area (Å²) in [6, 6.07) is 8.62. The molecule has 2 N–H and O–H groups in total. The molecule has 0 aliphatic carbocycles. The van der Waals surface area contributed by atoms with Crippen LogP contribution in [0.1, 0.15) is 26.8 Å². The Morgan fingerprint density at radius 2 is 1.64 bits per heavy atom. The maximum atomic E-state index is 13.0. The van der Waals surface area contributed by atoms with Crippen molar-refractivity contribution in [1.29, 1.82) is 0 Å². The molecule has 126 valence electrons. The highest BCUT2D eigenvalue weighted by molar-refractivity contribution is 5.97. The number of benzene rings is 1. The van der Waals surface area contributed by atoms with E-state index in [1.165, 1.54) is 53.5 Å². The zero-order valence-corrected chi connectivity index (χ0v) is 13.1. The van der Waals surface area contributed by atoms with Gasteiger partial charge in [0.2, 0.25) is 5.82 Å². The lowest BCUT2D eigenvalue weighted by Gasteiger charge is -2.05. The summed E-state index contributed by atoms with van der Waals surface area (Å²) in [6.45, 7) is 1.66. The number of rotatable bonds is 3. The third kappa shape index (κ3) is 3.66. The normalized spacial score (nSPS) is 10.3. The Bertz CT molecular complexity index is 908. The first-order valence-corrected chi connectivity index (χ1v) is 7.25. The molecule has 0 aliphatic rings. The number of hydrogen-bond donors (Lipinski definition) is 2. The van der Waals surface area contributed by atoms with E-state index in [-0.39, 0.29) is 11.6 Å². The van der Waals surface area contributed by atoms with Gasteiger partial charge in [0.1, 0.15) is 11.6 Å². The van der Waals surface area contributed by atoms with Crippen LogP contribution in [0, 0.1) is 12.7 Å². The molecular weight excluding hydrogens is 327 g/mol. The van der Waals surface area contributed by atoms with Gasteiger partial charge in [0.05, 0.1) is 5.69 Å². The van der Waals surface area contributed by atoms with Gasteiger partial charge in [0.25, 0.3) is 5.91 Å². The zero-order chi connectivity index (χ0) is 17.8. The Hall–Kier alpha value is -3.62. The van der Waals surface area contributed by atoms with Crippen molar-refractivity contribution in [2.24, 2.45) is 0 Å². The van der Waals surface area contributed by atoms with E-state index < -0.39 is 11.8 Å². The first kappa shape index (κ1) is 16.2. The van der Waals surface area contributed by atoms with Gasteiger partial charge in [-0.05, 0) is 43.3 Å². The summed E-state index contributed by atoms with van der Waals surface area (Å²) < 4.78 is 14.4. The van der Waals surface area contributed by atoms with Crippen molar-refractivity contribution in [3.05, 3.63) is 71.8 Å². The van der Waals surface area contributed by atoms with Crippen molar-refractivity contribution in [3.63, 3.8) is 0 Å². The molecule has 0 fully saturated rings. The Balaban J connectivity index is 1.70. The summed E-state index contributed by atoms with van der Waals surface area (Å²) in [5, 5.41) is 4.07. The standard InChI is InChI=1S/C16H13FN6O2/c1-10-19-14(22-23(10)13-4-2-12(17)3-5-13)16(25)21-20-15(24)11-6-8-18-9-7-11/h2-9H,1H3,(H,20,24)(H,21,25). The molecule has 2 amide bonds. The average molecular weight is 340 g/mol. The minimum Gasteiger partial charge on any atom is -0.267 e. The summed E-state index contributed by atoms with van der Waals surface area (Å²) >= 11 is 0. The molecule has 0 saturated carbocycles. The lowest BCUT2D eigenvalue weighted by Crippen LogP contribution is -2.42. The second-order valence-electron chi connectivity index (χ2n) is 5.01. The molecule has 9 heteroatoms. The van der Waals surface area contributed by atoms with Crippen LogP contribution in [0.25, 0.3) is 5.69 Å². The average Bonchev–Trinajstić information content (AvgIpc) is 3.02. The van der Waals surface area contributed by atoms with Gasteiger partial charge >= 0.3 is 5.91 Å².